The van der Waals surface area contributed by atoms with E-state index in [1.165, 1.54) is 36.4 Å². The van der Waals surface area contributed by atoms with Gasteiger partial charge < -0.3 is 20.4 Å². The highest BCUT2D eigenvalue weighted by atomic mass is 16.3. The van der Waals surface area contributed by atoms with Gasteiger partial charge in [-0.1, -0.05) is 12.1 Å². The van der Waals surface area contributed by atoms with Gasteiger partial charge in [0.1, 0.15) is 0 Å². The number of phenols is 4. The Labute approximate surface area is 102 Å². The van der Waals surface area contributed by atoms with Crippen LogP contribution in [0.25, 0.3) is 0 Å². The summed E-state index contributed by atoms with van der Waals surface area (Å²) in [5, 5.41) is 37.8. The van der Waals surface area contributed by atoms with Crippen LogP contribution >= 0.6 is 0 Å². The van der Waals surface area contributed by atoms with E-state index in [0.29, 0.717) is 0 Å². The smallest absolute Gasteiger partial charge is 0.200 e. The second-order valence-corrected chi connectivity index (χ2v) is 3.68. The molecule has 2 aromatic carbocycles. The van der Waals surface area contributed by atoms with Gasteiger partial charge in [-0.15, -0.1) is 0 Å². The molecule has 0 fully saturated rings. The maximum absolute atomic E-state index is 12.1. The zero-order valence-electron chi connectivity index (χ0n) is 9.16. The molecule has 0 aliphatic rings. The molecule has 0 spiro atoms. The minimum absolute atomic E-state index is 0.157. The van der Waals surface area contributed by atoms with Crippen molar-refractivity contribution in [3.05, 3.63) is 47.5 Å². The van der Waals surface area contributed by atoms with Crippen LogP contribution in [0.5, 0.6) is 23.0 Å². The summed E-state index contributed by atoms with van der Waals surface area (Å²) in [7, 11) is 0. The van der Waals surface area contributed by atoms with Crippen LogP contribution in [0.4, 0.5) is 0 Å². The summed E-state index contributed by atoms with van der Waals surface area (Å²) in [5.41, 5.74) is -0.313. The average molecular weight is 246 g/mol. The summed E-state index contributed by atoms with van der Waals surface area (Å²) < 4.78 is 0. The lowest BCUT2D eigenvalue weighted by atomic mass is 10.0. The molecule has 5 nitrogen and oxygen atoms in total. The van der Waals surface area contributed by atoms with Gasteiger partial charge in [-0.05, 0) is 24.3 Å². The number of carbonyl (C=O) groups excluding carboxylic acids is 1. The van der Waals surface area contributed by atoms with E-state index >= 15 is 0 Å². The molecule has 2 rings (SSSR count). The Bertz CT molecular complexity index is 565. The molecule has 0 heterocycles. The minimum atomic E-state index is -0.697. The summed E-state index contributed by atoms with van der Waals surface area (Å²) >= 11 is 0. The molecule has 0 aliphatic heterocycles. The fourth-order valence-corrected chi connectivity index (χ4v) is 1.57. The van der Waals surface area contributed by atoms with E-state index in [1.807, 2.05) is 0 Å². The van der Waals surface area contributed by atoms with Crippen molar-refractivity contribution in [1.82, 2.24) is 0 Å². The van der Waals surface area contributed by atoms with Crippen molar-refractivity contribution in [2.45, 2.75) is 0 Å². The molecule has 5 heteroatoms. The standard InChI is InChI=1S/C13H10O5/c14-9-5-1-3-7(12(9)17)11(16)8-4-2-6-10(15)13(8)18/h1-6,14-15,17-18H. The third-order valence-electron chi connectivity index (χ3n) is 2.52. The first-order valence-electron chi connectivity index (χ1n) is 5.09. The van der Waals surface area contributed by atoms with Gasteiger partial charge in [0.15, 0.2) is 23.0 Å². The highest BCUT2D eigenvalue weighted by molar-refractivity contribution is 6.12. The number of hydrogen-bond acceptors (Lipinski definition) is 5. The topological polar surface area (TPSA) is 98.0 Å². The zero-order valence-corrected chi connectivity index (χ0v) is 9.16. The van der Waals surface area contributed by atoms with E-state index in [4.69, 9.17) is 0 Å². The Morgan fingerprint density at radius 2 is 1.11 bits per heavy atom. The predicted octanol–water partition coefficient (Wildman–Crippen LogP) is 1.74. The normalized spacial score (nSPS) is 10.2. The first kappa shape index (κ1) is 11.8. The summed E-state index contributed by atoms with van der Waals surface area (Å²) in [6.45, 7) is 0. The second kappa shape index (κ2) is 4.29. The van der Waals surface area contributed by atoms with Crippen LogP contribution < -0.4 is 0 Å². The van der Waals surface area contributed by atoms with Crippen molar-refractivity contribution < 1.29 is 25.2 Å². The third kappa shape index (κ3) is 1.82. The Balaban J connectivity index is 2.55. The first-order chi connectivity index (χ1) is 8.52. The molecule has 0 aliphatic carbocycles. The molecule has 2 aromatic rings. The van der Waals surface area contributed by atoms with E-state index in [9.17, 15) is 25.2 Å². The van der Waals surface area contributed by atoms with Crippen LogP contribution in [0.3, 0.4) is 0 Å². The number of ketones is 1. The number of benzene rings is 2. The SMILES string of the molecule is O=C(c1cccc(O)c1O)c1cccc(O)c1O. The minimum Gasteiger partial charge on any atom is -0.504 e. The second-order valence-electron chi connectivity index (χ2n) is 3.68. The monoisotopic (exact) mass is 246 g/mol. The Kier molecular flexibility index (Phi) is 2.81. The molecule has 4 N–H and O–H groups in total. The van der Waals surface area contributed by atoms with Gasteiger partial charge in [-0.3, -0.25) is 4.79 Å². The maximum atomic E-state index is 12.1. The lowest BCUT2D eigenvalue weighted by Crippen LogP contribution is -2.02. The van der Waals surface area contributed by atoms with Crippen molar-refractivity contribution in [2.75, 3.05) is 0 Å². The summed E-state index contributed by atoms with van der Waals surface area (Å²) in [6, 6.07) is 7.86. The molecule has 0 amide bonds. The fraction of sp³-hybridized carbons (Fsp3) is 0. The quantitative estimate of drug-likeness (QED) is 0.478. The Morgan fingerprint density at radius 3 is 1.50 bits per heavy atom. The van der Waals surface area contributed by atoms with Gasteiger partial charge >= 0.3 is 0 Å². The summed E-state index contributed by atoms with van der Waals surface area (Å²) in [6.07, 6.45) is 0. The fourth-order valence-electron chi connectivity index (χ4n) is 1.57. The number of hydrogen-bond donors (Lipinski definition) is 4. The van der Waals surface area contributed by atoms with Gasteiger partial charge in [0.2, 0.25) is 5.78 Å². The van der Waals surface area contributed by atoms with Crippen molar-refractivity contribution in [1.29, 1.82) is 0 Å². The van der Waals surface area contributed by atoms with Crippen LogP contribution in [-0.2, 0) is 0 Å². The van der Waals surface area contributed by atoms with E-state index in [1.54, 1.807) is 0 Å². The molecule has 92 valence electrons. The van der Waals surface area contributed by atoms with Gasteiger partial charge in [-0.25, -0.2) is 0 Å². The molecule has 0 unspecified atom stereocenters. The van der Waals surface area contributed by atoms with Crippen molar-refractivity contribution in [3.8, 4) is 23.0 Å². The number of aromatic hydroxyl groups is 4. The number of phenolic OH excluding ortho intramolecular Hbond substituents is 4. The summed E-state index contributed by atoms with van der Waals surface area (Å²) in [5.74, 6) is -2.69. The van der Waals surface area contributed by atoms with E-state index in [2.05, 4.69) is 0 Å². The number of para-hydroxylation sites is 2. The van der Waals surface area contributed by atoms with Gasteiger partial charge in [0, 0.05) is 0 Å². The lowest BCUT2D eigenvalue weighted by Gasteiger charge is -2.07. The molecule has 0 bridgehead atoms. The zero-order chi connectivity index (χ0) is 13.3. The van der Waals surface area contributed by atoms with Gasteiger partial charge in [0.05, 0.1) is 11.1 Å². The molecule has 0 radical (unpaired) electrons. The number of carbonyl (C=O) groups is 1. The average Bonchev–Trinajstić information content (AvgIpc) is 2.35. The van der Waals surface area contributed by atoms with E-state index in [-0.39, 0.29) is 11.1 Å². The predicted molar refractivity (Wildman–Crippen MR) is 63.0 cm³/mol. The van der Waals surface area contributed by atoms with Crippen molar-refractivity contribution >= 4 is 5.78 Å². The van der Waals surface area contributed by atoms with Crippen LogP contribution in [0.1, 0.15) is 15.9 Å². The van der Waals surface area contributed by atoms with Gasteiger partial charge in [-0.2, -0.15) is 0 Å². The van der Waals surface area contributed by atoms with Gasteiger partial charge in [0.25, 0.3) is 0 Å². The van der Waals surface area contributed by atoms with Crippen LogP contribution in [0.15, 0.2) is 36.4 Å². The molecule has 18 heavy (non-hydrogen) atoms. The van der Waals surface area contributed by atoms with E-state index in [0.717, 1.165) is 0 Å². The molecular formula is C13H10O5. The van der Waals surface area contributed by atoms with Crippen LogP contribution in [-0.4, -0.2) is 26.2 Å². The first-order valence-corrected chi connectivity index (χ1v) is 5.09. The molecule has 0 saturated heterocycles. The highest BCUT2D eigenvalue weighted by Crippen LogP contribution is 2.34. The largest absolute Gasteiger partial charge is 0.504 e. The Hall–Kier alpha value is -2.69. The molecule has 0 saturated carbocycles. The maximum Gasteiger partial charge on any atom is 0.200 e. The number of rotatable bonds is 2. The molecule has 0 atom stereocenters. The van der Waals surface area contributed by atoms with Crippen LogP contribution in [0, 0.1) is 0 Å². The highest BCUT2D eigenvalue weighted by Gasteiger charge is 2.20. The Morgan fingerprint density at radius 1 is 0.722 bits per heavy atom. The van der Waals surface area contributed by atoms with Crippen molar-refractivity contribution in [2.24, 2.45) is 0 Å². The van der Waals surface area contributed by atoms with E-state index < -0.39 is 28.8 Å². The third-order valence-corrected chi connectivity index (χ3v) is 2.52. The molecular weight excluding hydrogens is 236 g/mol. The lowest BCUT2D eigenvalue weighted by molar-refractivity contribution is 0.103. The summed E-state index contributed by atoms with van der Waals surface area (Å²) in [4.78, 5) is 12.1. The molecule has 0 aromatic heterocycles. The van der Waals surface area contributed by atoms with Crippen LogP contribution in [0.2, 0.25) is 0 Å². The van der Waals surface area contributed by atoms with Crippen molar-refractivity contribution in [3.63, 3.8) is 0 Å².